The molecule has 0 aromatic heterocycles. The molecule has 1 N–H and O–H groups in total. The van der Waals surface area contributed by atoms with Crippen LogP contribution in [0.5, 0.6) is 0 Å². The van der Waals surface area contributed by atoms with Crippen molar-refractivity contribution in [1.82, 2.24) is 5.32 Å². The third kappa shape index (κ3) is 4.69. The maximum absolute atomic E-state index is 4.18. The first-order valence-electron chi connectivity index (χ1n) is 7.14. The smallest absolute Gasteiger partial charge is 0.0302 e. The average Bonchev–Trinajstić information content (AvgIpc) is 2.20. The highest BCUT2D eigenvalue weighted by Crippen LogP contribution is 2.27. The van der Waals surface area contributed by atoms with Crippen molar-refractivity contribution in [3.63, 3.8) is 0 Å². The van der Waals surface area contributed by atoms with E-state index in [1.165, 1.54) is 56.9 Å². The minimum atomic E-state index is 0.568. The van der Waals surface area contributed by atoms with Crippen LogP contribution >= 0.6 is 0 Å². The van der Waals surface area contributed by atoms with Crippen molar-refractivity contribution < 1.29 is 0 Å². The third-order valence-electron chi connectivity index (χ3n) is 3.77. The Morgan fingerprint density at radius 1 is 1.19 bits per heavy atom. The van der Waals surface area contributed by atoms with E-state index in [2.05, 4.69) is 25.7 Å². The van der Waals surface area contributed by atoms with Gasteiger partial charge in [0.1, 0.15) is 0 Å². The Hall–Kier alpha value is -0.300. The SMILES string of the molecule is C=C(C)C(NCCC)C1CCCCCCC1. The normalized spacial score (nSPS) is 21.1. The largest absolute Gasteiger partial charge is 0.310 e. The Labute approximate surface area is 102 Å². The lowest BCUT2D eigenvalue weighted by molar-refractivity contribution is 0.310. The van der Waals surface area contributed by atoms with Gasteiger partial charge in [-0.25, -0.2) is 0 Å². The van der Waals surface area contributed by atoms with E-state index in [0.717, 1.165) is 12.5 Å². The van der Waals surface area contributed by atoms with Gasteiger partial charge in [0.25, 0.3) is 0 Å². The predicted octanol–water partition coefficient (Wildman–Crippen LogP) is 4.29. The zero-order valence-electron chi connectivity index (χ0n) is 11.2. The molecular weight excluding hydrogens is 194 g/mol. The monoisotopic (exact) mass is 223 g/mol. The molecule has 1 fully saturated rings. The summed E-state index contributed by atoms with van der Waals surface area (Å²) in [5, 5.41) is 3.69. The van der Waals surface area contributed by atoms with E-state index >= 15 is 0 Å². The molecule has 0 bridgehead atoms. The van der Waals surface area contributed by atoms with Crippen LogP contribution < -0.4 is 5.32 Å². The Kier molecular flexibility index (Phi) is 6.79. The highest BCUT2D eigenvalue weighted by atomic mass is 14.9. The molecule has 1 nitrogen and oxygen atoms in total. The van der Waals surface area contributed by atoms with E-state index in [0.29, 0.717) is 6.04 Å². The summed E-state index contributed by atoms with van der Waals surface area (Å²) in [6.45, 7) is 9.73. The summed E-state index contributed by atoms with van der Waals surface area (Å²) < 4.78 is 0. The quantitative estimate of drug-likeness (QED) is 0.686. The molecule has 0 heterocycles. The third-order valence-corrected chi connectivity index (χ3v) is 3.77. The van der Waals surface area contributed by atoms with Crippen molar-refractivity contribution in [3.05, 3.63) is 12.2 Å². The second-order valence-corrected chi connectivity index (χ2v) is 5.38. The molecule has 1 aliphatic rings. The lowest BCUT2D eigenvalue weighted by atomic mass is 9.83. The maximum Gasteiger partial charge on any atom is 0.0302 e. The maximum atomic E-state index is 4.18. The van der Waals surface area contributed by atoms with Crippen LogP contribution in [-0.2, 0) is 0 Å². The van der Waals surface area contributed by atoms with Crippen molar-refractivity contribution in [3.8, 4) is 0 Å². The van der Waals surface area contributed by atoms with Gasteiger partial charge in [-0.3, -0.25) is 0 Å². The van der Waals surface area contributed by atoms with E-state index in [1.54, 1.807) is 0 Å². The lowest BCUT2D eigenvalue weighted by Crippen LogP contribution is -2.37. The van der Waals surface area contributed by atoms with Gasteiger partial charge in [0.05, 0.1) is 0 Å². The van der Waals surface area contributed by atoms with E-state index in [1.807, 2.05) is 0 Å². The van der Waals surface area contributed by atoms with Crippen molar-refractivity contribution in [2.24, 2.45) is 5.92 Å². The molecule has 1 saturated carbocycles. The van der Waals surface area contributed by atoms with E-state index < -0.39 is 0 Å². The average molecular weight is 223 g/mol. The molecule has 94 valence electrons. The molecule has 0 aliphatic heterocycles. The molecule has 16 heavy (non-hydrogen) atoms. The molecule has 1 heteroatoms. The van der Waals surface area contributed by atoms with Crippen LogP contribution in [0, 0.1) is 5.92 Å². The second kappa shape index (κ2) is 7.89. The van der Waals surface area contributed by atoms with Gasteiger partial charge in [-0.05, 0) is 38.6 Å². The minimum absolute atomic E-state index is 0.568. The summed E-state index contributed by atoms with van der Waals surface area (Å²) in [4.78, 5) is 0. The molecular formula is C15H29N. The molecule has 1 aliphatic carbocycles. The summed E-state index contributed by atoms with van der Waals surface area (Å²) in [6.07, 6.45) is 11.2. The molecule has 0 aromatic carbocycles. The van der Waals surface area contributed by atoms with Gasteiger partial charge in [-0.1, -0.05) is 51.2 Å². The zero-order valence-corrected chi connectivity index (χ0v) is 11.2. The van der Waals surface area contributed by atoms with Crippen LogP contribution in [0.25, 0.3) is 0 Å². The Morgan fingerprint density at radius 3 is 2.25 bits per heavy atom. The van der Waals surface area contributed by atoms with E-state index in [9.17, 15) is 0 Å². The Bertz CT molecular complexity index is 190. The molecule has 0 spiro atoms. The first kappa shape index (κ1) is 13.8. The van der Waals surface area contributed by atoms with Crippen LogP contribution in [0.1, 0.15) is 65.2 Å². The van der Waals surface area contributed by atoms with E-state index in [-0.39, 0.29) is 0 Å². The van der Waals surface area contributed by atoms with Gasteiger partial charge in [0.15, 0.2) is 0 Å². The topological polar surface area (TPSA) is 12.0 Å². The zero-order chi connectivity index (χ0) is 11.8. The van der Waals surface area contributed by atoms with Gasteiger partial charge < -0.3 is 5.32 Å². The first-order chi connectivity index (χ1) is 7.75. The standard InChI is InChI=1S/C15H29N/c1-4-12-16-15(13(2)3)14-10-8-6-5-7-9-11-14/h14-16H,2,4-12H2,1,3H3. The molecule has 0 saturated heterocycles. The molecule has 0 radical (unpaired) electrons. The molecule has 0 aromatic rings. The van der Waals surface area contributed by atoms with Crippen molar-refractivity contribution in [2.45, 2.75) is 71.3 Å². The summed E-state index contributed by atoms with van der Waals surface area (Å²) in [7, 11) is 0. The number of nitrogens with one attached hydrogen (secondary N) is 1. The summed E-state index contributed by atoms with van der Waals surface area (Å²) in [5.41, 5.74) is 1.33. The fraction of sp³-hybridized carbons (Fsp3) is 0.867. The van der Waals surface area contributed by atoms with Crippen LogP contribution in [0.15, 0.2) is 12.2 Å². The van der Waals surface area contributed by atoms with Crippen molar-refractivity contribution in [1.29, 1.82) is 0 Å². The van der Waals surface area contributed by atoms with Crippen molar-refractivity contribution in [2.75, 3.05) is 6.54 Å². The summed E-state index contributed by atoms with van der Waals surface area (Å²) >= 11 is 0. The predicted molar refractivity (Wildman–Crippen MR) is 72.7 cm³/mol. The Morgan fingerprint density at radius 2 is 1.75 bits per heavy atom. The van der Waals surface area contributed by atoms with Gasteiger partial charge >= 0.3 is 0 Å². The van der Waals surface area contributed by atoms with Gasteiger partial charge in [0.2, 0.25) is 0 Å². The fourth-order valence-electron chi connectivity index (χ4n) is 2.86. The van der Waals surface area contributed by atoms with Crippen LogP contribution in [0.3, 0.4) is 0 Å². The number of hydrogen-bond donors (Lipinski definition) is 1. The number of rotatable bonds is 5. The molecule has 1 unspecified atom stereocenters. The van der Waals surface area contributed by atoms with Crippen LogP contribution in [0.2, 0.25) is 0 Å². The highest BCUT2D eigenvalue weighted by Gasteiger charge is 2.21. The van der Waals surface area contributed by atoms with Gasteiger partial charge in [-0.2, -0.15) is 0 Å². The molecule has 0 amide bonds. The fourth-order valence-corrected chi connectivity index (χ4v) is 2.86. The first-order valence-corrected chi connectivity index (χ1v) is 7.14. The number of hydrogen-bond acceptors (Lipinski definition) is 1. The van der Waals surface area contributed by atoms with Gasteiger partial charge in [-0.15, -0.1) is 0 Å². The van der Waals surface area contributed by atoms with Crippen LogP contribution in [-0.4, -0.2) is 12.6 Å². The lowest BCUT2D eigenvalue weighted by Gasteiger charge is -2.30. The van der Waals surface area contributed by atoms with Crippen LogP contribution in [0.4, 0.5) is 0 Å². The highest BCUT2D eigenvalue weighted by molar-refractivity contribution is 5.04. The molecule has 1 atom stereocenters. The summed E-state index contributed by atoms with van der Waals surface area (Å²) in [6, 6.07) is 0.568. The van der Waals surface area contributed by atoms with Crippen molar-refractivity contribution >= 4 is 0 Å². The van der Waals surface area contributed by atoms with E-state index in [4.69, 9.17) is 0 Å². The van der Waals surface area contributed by atoms with Gasteiger partial charge in [0, 0.05) is 6.04 Å². The molecule has 1 rings (SSSR count). The minimum Gasteiger partial charge on any atom is -0.310 e. The summed E-state index contributed by atoms with van der Waals surface area (Å²) in [5.74, 6) is 0.837. The second-order valence-electron chi connectivity index (χ2n) is 5.38. The Balaban J connectivity index is 2.48.